The number of amides is 1. The maximum absolute atomic E-state index is 12.2. The molecule has 0 fully saturated rings. The number of H-pyrrole nitrogens is 1. The van der Waals surface area contributed by atoms with Gasteiger partial charge in [0.15, 0.2) is 6.10 Å². The Balaban J connectivity index is 1.68. The molecule has 0 spiro atoms. The van der Waals surface area contributed by atoms with Gasteiger partial charge in [-0.3, -0.25) is 9.89 Å². The van der Waals surface area contributed by atoms with Crippen LogP contribution in [0.4, 0.5) is 5.69 Å². The molecule has 0 aliphatic heterocycles. The van der Waals surface area contributed by atoms with Gasteiger partial charge in [0.25, 0.3) is 5.91 Å². The molecule has 0 radical (unpaired) electrons. The number of aromatic amines is 1. The van der Waals surface area contributed by atoms with Gasteiger partial charge in [0.2, 0.25) is 0 Å². The molecular formula is C17H13Cl2N3O3. The van der Waals surface area contributed by atoms with Gasteiger partial charge in [0.05, 0.1) is 33.0 Å². The maximum atomic E-state index is 12.2. The number of hydrogen-bond donors (Lipinski definition) is 2. The molecule has 1 atom stereocenters. The molecule has 0 aliphatic carbocycles. The zero-order valence-corrected chi connectivity index (χ0v) is 14.6. The molecule has 3 rings (SSSR count). The minimum absolute atomic E-state index is 0.223. The SMILES string of the molecule is C[C@H](OC(=O)c1ccc2cn[nH]c2c1)C(=O)Nc1cccc(Cl)c1Cl. The molecule has 0 aliphatic rings. The first-order valence-electron chi connectivity index (χ1n) is 7.34. The summed E-state index contributed by atoms with van der Waals surface area (Å²) in [5.74, 6) is -1.13. The molecule has 1 amide bonds. The number of carbonyl (C=O) groups is 2. The van der Waals surface area contributed by atoms with Crippen LogP contribution < -0.4 is 5.32 Å². The summed E-state index contributed by atoms with van der Waals surface area (Å²) in [4.78, 5) is 24.4. The molecule has 25 heavy (non-hydrogen) atoms. The summed E-state index contributed by atoms with van der Waals surface area (Å²) in [6.07, 6.45) is 0.634. The average Bonchev–Trinajstić information content (AvgIpc) is 3.06. The summed E-state index contributed by atoms with van der Waals surface area (Å²) in [5.41, 5.74) is 1.37. The quantitative estimate of drug-likeness (QED) is 0.671. The van der Waals surface area contributed by atoms with Crippen molar-refractivity contribution in [3.05, 3.63) is 58.2 Å². The Bertz CT molecular complexity index is 955. The number of halogens is 2. The van der Waals surface area contributed by atoms with Crippen LogP contribution in [-0.2, 0) is 9.53 Å². The first kappa shape index (κ1) is 17.3. The summed E-state index contributed by atoms with van der Waals surface area (Å²) in [7, 11) is 0. The van der Waals surface area contributed by atoms with Gasteiger partial charge in [-0.15, -0.1) is 0 Å². The van der Waals surface area contributed by atoms with Crippen LogP contribution in [0.15, 0.2) is 42.6 Å². The van der Waals surface area contributed by atoms with Crippen molar-refractivity contribution in [2.24, 2.45) is 0 Å². The minimum Gasteiger partial charge on any atom is -0.449 e. The first-order valence-corrected chi connectivity index (χ1v) is 8.10. The predicted molar refractivity (Wildman–Crippen MR) is 96.1 cm³/mol. The van der Waals surface area contributed by atoms with Crippen molar-refractivity contribution in [2.45, 2.75) is 13.0 Å². The second kappa shape index (κ2) is 7.13. The van der Waals surface area contributed by atoms with Crippen molar-refractivity contribution in [3.63, 3.8) is 0 Å². The third-order valence-corrected chi connectivity index (χ3v) is 4.36. The van der Waals surface area contributed by atoms with Crippen molar-refractivity contribution < 1.29 is 14.3 Å². The van der Waals surface area contributed by atoms with E-state index in [2.05, 4.69) is 15.5 Å². The van der Waals surface area contributed by atoms with Gasteiger partial charge in [-0.05, 0) is 31.2 Å². The lowest BCUT2D eigenvalue weighted by molar-refractivity contribution is -0.123. The largest absolute Gasteiger partial charge is 0.449 e. The first-order chi connectivity index (χ1) is 12.0. The number of rotatable bonds is 4. The van der Waals surface area contributed by atoms with E-state index in [1.807, 2.05) is 0 Å². The summed E-state index contributed by atoms with van der Waals surface area (Å²) in [6, 6.07) is 9.83. The summed E-state index contributed by atoms with van der Waals surface area (Å²) >= 11 is 11.9. The zero-order chi connectivity index (χ0) is 18.0. The highest BCUT2D eigenvalue weighted by Gasteiger charge is 2.20. The number of carbonyl (C=O) groups excluding carboxylic acids is 2. The molecular weight excluding hydrogens is 365 g/mol. The van der Waals surface area contributed by atoms with E-state index >= 15 is 0 Å². The molecule has 6 nitrogen and oxygen atoms in total. The standard InChI is InChI=1S/C17H13Cl2N3O3/c1-9(16(23)21-13-4-2-3-12(18)15(13)19)25-17(24)10-5-6-11-8-20-22-14(11)7-10/h2-9H,1H3,(H,20,22)(H,21,23)/t9-/m0/s1. The topological polar surface area (TPSA) is 84.1 Å². The molecule has 3 aromatic rings. The van der Waals surface area contributed by atoms with Gasteiger partial charge < -0.3 is 10.1 Å². The van der Waals surface area contributed by atoms with E-state index in [0.29, 0.717) is 21.8 Å². The Labute approximate surface area is 153 Å². The highest BCUT2D eigenvalue weighted by atomic mass is 35.5. The number of anilines is 1. The van der Waals surface area contributed by atoms with Crippen molar-refractivity contribution >= 4 is 51.7 Å². The van der Waals surface area contributed by atoms with E-state index in [1.54, 1.807) is 42.6 Å². The van der Waals surface area contributed by atoms with Crippen molar-refractivity contribution in [1.82, 2.24) is 10.2 Å². The third kappa shape index (κ3) is 3.75. The molecule has 0 bridgehead atoms. The lowest BCUT2D eigenvalue weighted by Crippen LogP contribution is -2.30. The molecule has 0 unspecified atom stereocenters. The number of fused-ring (bicyclic) bond motifs is 1. The molecule has 128 valence electrons. The minimum atomic E-state index is -1.01. The predicted octanol–water partition coefficient (Wildman–Crippen LogP) is 4.05. The molecule has 8 heteroatoms. The van der Waals surface area contributed by atoms with Crippen LogP contribution in [0.3, 0.4) is 0 Å². The van der Waals surface area contributed by atoms with Crippen LogP contribution >= 0.6 is 23.2 Å². The second-order valence-electron chi connectivity index (χ2n) is 5.31. The molecule has 1 aromatic heterocycles. The Hall–Kier alpha value is -2.57. The van der Waals surface area contributed by atoms with Gasteiger partial charge in [0.1, 0.15) is 0 Å². The van der Waals surface area contributed by atoms with Gasteiger partial charge >= 0.3 is 5.97 Å². The van der Waals surface area contributed by atoms with Crippen molar-refractivity contribution in [2.75, 3.05) is 5.32 Å². The Morgan fingerprint density at radius 3 is 2.84 bits per heavy atom. The summed E-state index contributed by atoms with van der Waals surface area (Å²) in [6.45, 7) is 1.47. The van der Waals surface area contributed by atoms with Crippen LogP contribution in [0.25, 0.3) is 10.9 Å². The van der Waals surface area contributed by atoms with Gasteiger partial charge in [-0.1, -0.05) is 35.3 Å². The molecule has 0 saturated carbocycles. The van der Waals surface area contributed by atoms with Gasteiger partial charge in [0, 0.05) is 5.39 Å². The fraction of sp³-hybridized carbons (Fsp3) is 0.118. The van der Waals surface area contributed by atoms with E-state index in [0.717, 1.165) is 5.39 Å². The zero-order valence-electron chi connectivity index (χ0n) is 13.0. The van der Waals surface area contributed by atoms with E-state index in [4.69, 9.17) is 27.9 Å². The monoisotopic (exact) mass is 377 g/mol. The van der Waals surface area contributed by atoms with E-state index in [1.165, 1.54) is 6.92 Å². The number of esters is 1. The molecule has 2 aromatic carbocycles. The van der Waals surface area contributed by atoms with E-state index in [-0.39, 0.29) is 5.02 Å². The Morgan fingerprint density at radius 1 is 1.24 bits per heavy atom. The Morgan fingerprint density at radius 2 is 2.04 bits per heavy atom. The van der Waals surface area contributed by atoms with Crippen molar-refractivity contribution in [3.8, 4) is 0 Å². The number of nitrogens with one attached hydrogen (secondary N) is 2. The lowest BCUT2D eigenvalue weighted by atomic mass is 10.2. The van der Waals surface area contributed by atoms with Crippen LogP contribution in [0.1, 0.15) is 17.3 Å². The number of hydrogen-bond acceptors (Lipinski definition) is 4. The summed E-state index contributed by atoms with van der Waals surface area (Å²) < 4.78 is 5.20. The number of benzene rings is 2. The molecule has 0 saturated heterocycles. The Kier molecular flexibility index (Phi) is 4.92. The van der Waals surface area contributed by atoms with Crippen LogP contribution in [-0.4, -0.2) is 28.2 Å². The van der Waals surface area contributed by atoms with Crippen LogP contribution in [0.2, 0.25) is 10.0 Å². The lowest BCUT2D eigenvalue weighted by Gasteiger charge is -2.14. The van der Waals surface area contributed by atoms with Gasteiger partial charge in [-0.2, -0.15) is 5.10 Å². The third-order valence-electron chi connectivity index (χ3n) is 3.54. The number of nitrogens with zero attached hydrogens (tertiary/aromatic N) is 1. The summed E-state index contributed by atoms with van der Waals surface area (Å²) in [5, 5.41) is 10.7. The smallest absolute Gasteiger partial charge is 0.338 e. The number of aromatic nitrogens is 2. The fourth-order valence-corrected chi connectivity index (χ4v) is 2.53. The van der Waals surface area contributed by atoms with Crippen LogP contribution in [0.5, 0.6) is 0 Å². The van der Waals surface area contributed by atoms with E-state index < -0.39 is 18.0 Å². The molecule has 1 heterocycles. The highest BCUT2D eigenvalue weighted by Crippen LogP contribution is 2.29. The van der Waals surface area contributed by atoms with E-state index in [9.17, 15) is 9.59 Å². The molecule has 2 N–H and O–H groups in total. The fourth-order valence-electron chi connectivity index (χ4n) is 2.18. The normalized spacial score (nSPS) is 12.0. The number of ether oxygens (including phenoxy) is 1. The average molecular weight is 378 g/mol. The second-order valence-corrected chi connectivity index (χ2v) is 6.10. The van der Waals surface area contributed by atoms with Crippen LogP contribution in [0, 0.1) is 0 Å². The maximum Gasteiger partial charge on any atom is 0.338 e. The van der Waals surface area contributed by atoms with Gasteiger partial charge in [-0.25, -0.2) is 4.79 Å². The highest BCUT2D eigenvalue weighted by molar-refractivity contribution is 6.44. The van der Waals surface area contributed by atoms with Crippen molar-refractivity contribution in [1.29, 1.82) is 0 Å².